The number of rotatable bonds is 5. The number of ether oxygens (including phenoxy) is 2. The third-order valence-corrected chi connectivity index (χ3v) is 4.86. The Kier molecular flexibility index (Phi) is 3.99. The number of hydrogen-bond acceptors (Lipinski definition) is 5. The molecule has 0 N–H and O–H groups in total. The molecular formula is C21H18O5. The molecule has 1 aromatic heterocycles. The Bertz CT molecular complexity index is 1020. The Hall–Kier alpha value is -3.08. The molecule has 1 aliphatic carbocycles. The normalized spacial score (nSPS) is 14.8. The first-order chi connectivity index (χ1) is 12.6. The molecule has 1 saturated carbocycles. The molecule has 26 heavy (non-hydrogen) atoms. The highest BCUT2D eigenvalue weighted by Gasteiger charge is 2.52. The minimum atomic E-state index is -0.542. The Morgan fingerprint density at radius 1 is 1.12 bits per heavy atom. The molecule has 0 saturated heterocycles. The van der Waals surface area contributed by atoms with Crippen LogP contribution < -0.4 is 10.4 Å². The SMILES string of the molecule is COc1ccc2c(COC(=O)C3(c4ccccc4)CC3)cc(=O)oc2c1. The molecule has 5 heteroatoms. The molecule has 0 unspecified atom stereocenters. The molecule has 0 spiro atoms. The van der Waals surface area contributed by atoms with E-state index in [-0.39, 0.29) is 12.6 Å². The third kappa shape index (κ3) is 2.86. The van der Waals surface area contributed by atoms with Crippen LogP contribution >= 0.6 is 0 Å². The molecule has 132 valence electrons. The lowest BCUT2D eigenvalue weighted by molar-refractivity contribution is -0.148. The largest absolute Gasteiger partial charge is 0.497 e. The van der Waals surface area contributed by atoms with E-state index < -0.39 is 11.0 Å². The maximum atomic E-state index is 12.7. The summed E-state index contributed by atoms with van der Waals surface area (Å²) < 4.78 is 16.0. The summed E-state index contributed by atoms with van der Waals surface area (Å²) in [6, 6.07) is 16.3. The van der Waals surface area contributed by atoms with E-state index in [1.165, 1.54) is 6.07 Å². The van der Waals surface area contributed by atoms with Crippen LogP contribution in [-0.2, 0) is 21.6 Å². The van der Waals surface area contributed by atoms with Gasteiger partial charge in [-0.1, -0.05) is 30.3 Å². The predicted octanol–water partition coefficient (Wildman–Crippen LogP) is 3.58. The van der Waals surface area contributed by atoms with Crippen LogP contribution in [0.15, 0.2) is 63.8 Å². The van der Waals surface area contributed by atoms with Gasteiger partial charge in [-0.15, -0.1) is 0 Å². The van der Waals surface area contributed by atoms with Gasteiger partial charge in [0.1, 0.15) is 17.9 Å². The van der Waals surface area contributed by atoms with Crippen LogP contribution in [0.3, 0.4) is 0 Å². The number of hydrogen-bond donors (Lipinski definition) is 0. The first-order valence-corrected chi connectivity index (χ1v) is 8.46. The summed E-state index contributed by atoms with van der Waals surface area (Å²) in [5.74, 6) is 0.342. The van der Waals surface area contributed by atoms with Crippen molar-refractivity contribution < 1.29 is 18.7 Å². The van der Waals surface area contributed by atoms with Crippen molar-refractivity contribution >= 4 is 16.9 Å². The van der Waals surface area contributed by atoms with Gasteiger partial charge >= 0.3 is 11.6 Å². The van der Waals surface area contributed by atoms with Crippen molar-refractivity contribution in [3.8, 4) is 5.75 Å². The molecule has 0 bridgehead atoms. The number of fused-ring (bicyclic) bond motifs is 1. The number of esters is 1. The second-order valence-electron chi connectivity index (χ2n) is 6.48. The van der Waals surface area contributed by atoms with Gasteiger partial charge in [-0.25, -0.2) is 4.79 Å². The summed E-state index contributed by atoms with van der Waals surface area (Å²) in [5, 5.41) is 0.725. The summed E-state index contributed by atoms with van der Waals surface area (Å²) in [5.41, 5.74) is 0.982. The van der Waals surface area contributed by atoms with E-state index in [0.717, 1.165) is 23.8 Å². The predicted molar refractivity (Wildman–Crippen MR) is 96.2 cm³/mol. The van der Waals surface area contributed by atoms with Crippen molar-refractivity contribution in [2.24, 2.45) is 0 Å². The minimum Gasteiger partial charge on any atom is -0.497 e. The minimum absolute atomic E-state index is 0.0296. The zero-order valence-electron chi connectivity index (χ0n) is 14.4. The van der Waals surface area contributed by atoms with Crippen LogP contribution in [0.25, 0.3) is 11.0 Å². The molecule has 1 fully saturated rings. The lowest BCUT2D eigenvalue weighted by Crippen LogP contribution is -2.23. The van der Waals surface area contributed by atoms with Crippen LogP contribution in [0.2, 0.25) is 0 Å². The van der Waals surface area contributed by atoms with Gasteiger partial charge in [0.2, 0.25) is 0 Å². The zero-order chi connectivity index (χ0) is 18.1. The highest BCUT2D eigenvalue weighted by molar-refractivity contribution is 5.87. The molecule has 2 aromatic carbocycles. The quantitative estimate of drug-likeness (QED) is 0.520. The van der Waals surface area contributed by atoms with Crippen molar-refractivity contribution in [1.82, 2.24) is 0 Å². The molecular weight excluding hydrogens is 332 g/mol. The van der Waals surface area contributed by atoms with Gasteiger partial charge in [-0.05, 0) is 30.5 Å². The average Bonchev–Trinajstić information content (AvgIpc) is 3.48. The van der Waals surface area contributed by atoms with E-state index in [1.54, 1.807) is 25.3 Å². The fourth-order valence-corrected chi connectivity index (χ4v) is 3.23. The van der Waals surface area contributed by atoms with Gasteiger partial charge in [0.15, 0.2) is 0 Å². The smallest absolute Gasteiger partial charge is 0.336 e. The van der Waals surface area contributed by atoms with Crippen LogP contribution in [-0.4, -0.2) is 13.1 Å². The van der Waals surface area contributed by atoms with E-state index in [1.807, 2.05) is 30.3 Å². The van der Waals surface area contributed by atoms with Crippen LogP contribution in [0, 0.1) is 0 Å². The van der Waals surface area contributed by atoms with Crippen molar-refractivity contribution in [3.05, 3.63) is 76.1 Å². The van der Waals surface area contributed by atoms with E-state index in [4.69, 9.17) is 13.9 Å². The van der Waals surface area contributed by atoms with E-state index in [0.29, 0.717) is 16.9 Å². The maximum absolute atomic E-state index is 12.7. The fraction of sp³-hybridized carbons (Fsp3) is 0.238. The summed E-state index contributed by atoms with van der Waals surface area (Å²) in [4.78, 5) is 24.5. The van der Waals surface area contributed by atoms with Crippen LogP contribution in [0.5, 0.6) is 5.75 Å². The monoisotopic (exact) mass is 350 g/mol. The second-order valence-corrected chi connectivity index (χ2v) is 6.48. The molecule has 0 radical (unpaired) electrons. The number of benzene rings is 2. The van der Waals surface area contributed by atoms with Crippen LogP contribution in [0.4, 0.5) is 0 Å². The molecule has 5 nitrogen and oxygen atoms in total. The molecule has 3 aromatic rings. The average molecular weight is 350 g/mol. The van der Waals surface area contributed by atoms with Crippen molar-refractivity contribution in [1.29, 1.82) is 0 Å². The number of carbonyl (C=O) groups excluding carboxylic acids is 1. The third-order valence-electron chi connectivity index (χ3n) is 4.86. The van der Waals surface area contributed by atoms with Crippen LogP contribution in [0.1, 0.15) is 24.0 Å². The number of carbonyl (C=O) groups is 1. The Labute approximate surface area is 150 Å². The van der Waals surface area contributed by atoms with Gasteiger partial charge in [0.05, 0.1) is 12.5 Å². The van der Waals surface area contributed by atoms with Crippen molar-refractivity contribution in [2.75, 3.05) is 7.11 Å². The second kappa shape index (κ2) is 6.33. The number of methoxy groups -OCH3 is 1. The first kappa shape index (κ1) is 16.4. The van der Waals surface area contributed by atoms with Crippen molar-refractivity contribution in [3.63, 3.8) is 0 Å². The maximum Gasteiger partial charge on any atom is 0.336 e. The highest BCUT2D eigenvalue weighted by Crippen LogP contribution is 2.49. The van der Waals surface area contributed by atoms with Crippen molar-refractivity contribution in [2.45, 2.75) is 24.9 Å². The Morgan fingerprint density at radius 2 is 1.88 bits per heavy atom. The molecule has 0 amide bonds. The molecule has 0 aliphatic heterocycles. The first-order valence-electron chi connectivity index (χ1n) is 8.46. The Morgan fingerprint density at radius 3 is 2.58 bits per heavy atom. The van der Waals surface area contributed by atoms with Gasteiger partial charge in [0.25, 0.3) is 0 Å². The summed E-state index contributed by atoms with van der Waals surface area (Å²) in [6.45, 7) is 0.0296. The van der Waals surface area contributed by atoms with Gasteiger partial charge in [-0.2, -0.15) is 0 Å². The lowest BCUT2D eigenvalue weighted by atomic mass is 9.96. The molecule has 1 heterocycles. The molecule has 0 atom stereocenters. The highest BCUT2D eigenvalue weighted by atomic mass is 16.5. The summed E-state index contributed by atoms with van der Waals surface area (Å²) in [6.07, 6.45) is 1.56. The summed E-state index contributed by atoms with van der Waals surface area (Å²) >= 11 is 0. The van der Waals surface area contributed by atoms with Gasteiger partial charge in [-0.3, -0.25) is 4.79 Å². The lowest BCUT2D eigenvalue weighted by Gasteiger charge is -2.15. The fourth-order valence-electron chi connectivity index (χ4n) is 3.23. The van der Waals surface area contributed by atoms with Gasteiger partial charge in [0, 0.05) is 23.1 Å². The Balaban J connectivity index is 1.58. The van der Waals surface area contributed by atoms with E-state index in [2.05, 4.69) is 0 Å². The summed E-state index contributed by atoms with van der Waals surface area (Å²) in [7, 11) is 1.55. The molecule has 4 rings (SSSR count). The standard InChI is InChI=1S/C21H18O5/c1-24-16-7-8-17-14(11-19(22)26-18(17)12-16)13-25-20(23)21(9-10-21)15-5-3-2-4-6-15/h2-8,11-12H,9-10,13H2,1H3. The topological polar surface area (TPSA) is 65.7 Å². The van der Waals surface area contributed by atoms with E-state index in [9.17, 15) is 9.59 Å². The van der Waals surface area contributed by atoms with E-state index >= 15 is 0 Å². The molecule has 1 aliphatic rings. The zero-order valence-corrected chi connectivity index (χ0v) is 14.4. The van der Waals surface area contributed by atoms with Gasteiger partial charge < -0.3 is 13.9 Å².